The van der Waals surface area contributed by atoms with Crippen molar-refractivity contribution >= 4 is 17.5 Å². The van der Waals surface area contributed by atoms with Gasteiger partial charge in [-0.05, 0) is 29.7 Å². The molecule has 7 heteroatoms. The van der Waals surface area contributed by atoms with Gasteiger partial charge in [0.25, 0.3) is 0 Å². The van der Waals surface area contributed by atoms with Crippen LogP contribution in [0.15, 0.2) is 36.5 Å². The second-order valence-corrected chi connectivity index (χ2v) is 5.77. The number of hydrogen-bond acceptors (Lipinski definition) is 5. The molecule has 0 aliphatic rings. The number of carbonyl (C=O) groups is 1. The van der Waals surface area contributed by atoms with Crippen LogP contribution in [0.5, 0.6) is 5.75 Å². The molecule has 0 aliphatic heterocycles. The molecular weight excluding hydrogens is 310 g/mol. The van der Waals surface area contributed by atoms with E-state index in [1.54, 1.807) is 12.1 Å². The lowest BCUT2D eigenvalue weighted by Gasteiger charge is -2.08. The molecule has 0 fully saturated rings. The number of allylic oxidation sites excluding steroid dienone is 1. The van der Waals surface area contributed by atoms with Crippen molar-refractivity contribution in [2.45, 2.75) is 13.8 Å². The lowest BCUT2D eigenvalue weighted by molar-refractivity contribution is -0.385. The molecule has 1 aromatic heterocycles. The molecule has 2 rings (SSSR count). The monoisotopic (exact) mass is 329 g/mol. The molecule has 2 aromatic rings. The summed E-state index contributed by atoms with van der Waals surface area (Å²) in [6, 6.07) is 7.28. The number of aryl methyl sites for hydroxylation is 1. The molecular formula is C17H19N3O4. The van der Waals surface area contributed by atoms with Crippen LogP contribution in [0.25, 0.3) is 6.08 Å². The van der Waals surface area contributed by atoms with Crippen LogP contribution in [0.3, 0.4) is 0 Å². The highest BCUT2D eigenvalue weighted by atomic mass is 16.6. The molecule has 0 spiro atoms. The third-order valence-electron chi connectivity index (χ3n) is 3.11. The average Bonchev–Trinajstić information content (AvgIpc) is 2.93. The van der Waals surface area contributed by atoms with Gasteiger partial charge in [0.1, 0.15) is 11.9 Å². The number of rotatable bonds is 7. The number of nitro groups is 1. The summed E-state index contributed by atoms with van der Waals surface area (Å²) in [7, 11) is 1.53. The van der Waals surface area contributed by atoms with E-state index in [1.807, 2.05) is 18.2 Å². The van der Waals surface area contributed by atoms with E-state index in [0.29, 0.717) is 18.3 Å². The SMILES string of the molecule is CC(C)COc1cccc(/C=C/C(=O)c2nn(C)cc2[N+](=O)[O-])c1. The van der Waals surface area contributed by atoms with Crippen molar-refractivity contribution in [1.82, 2.24) is 9.78 Å². The summed E-state index contributed by atoms with van der Waals surface area (Å²) in [6.07, 6.45) is 4.07. The van der Waals surface area contributed by atoms with E-state index in [-0.39, 0.29) is 11.4 Å². The molecule has 24 heavy (non-hydrogen) atoms. The summed E-state index contributed by atoms with van der Waals surface area (Å²) in [5.41, 5.74) is 0.287. The molecule has 0 saturated carbocycles. The summed E-state index contributed by atoms with van der Waals surface area (Å²) < 4.78 is 6.88. The summed E-state index contributed by atoms with van der Waals surface area (Å²) in [4.78, 5) is 22.5. The van der Waals surface area contributed by atoms with Gasteiger partial charge in [0.05, 0.1) is 11.5 Å². The van der Waals surface area contributed by atoms with Crippen LogP contribution in [-0.4, -0.2) is 27.1 Å². The Balaban J connectivity index is 2.14. The average molecular weight is 329 g/mol. The number of aromatic nitrogens is 2. The highest BCUT2D eigenvalue weighted by molar-refractivity contribution is 6.07. The summed E-state index contributed by atoms with van der Waals surface area (Å²) in [5.74, 6) is 0.605. The Morgan fingerprint density at radius 2 is 2.21 bits per heavy atom. The van der Waals surface area contributed by atoms with Gasteiger partial charge in [0.2, 0.25) is 11.5 Å². The molecule has 0 amide bonds. The van der Waals surface area contributed by atoms with Gasteiger partial charge in [-0.1, -0.05) is 32.1 Å². The lowest BCUT2D eigenvalue weighted by Crippen LogP contribution is -2.04. The predicted molar refractivity (Wildman–Crippen MR) is 90.0 cm³/mol. The first kappa shape index (κ1) is 17.4. The van der Waals surface area contributed by atoms with Gasteiger partial charge in [0, 0.05) is 7.05 Å². The van der Waals surface area contributed by atoms with Gasteiger partial charge < -0.3 is 4.74 Å². The van der Waals surface area contributed by atoms with Crippen LogP contribution in [0.4, 0.5) is 5.69 Å². The maximum absolute atomic E-state index is 12.2. The number of hydrogen-bond donors (Lipinski definition) is 0. The van der Waals surface area contributed by atoms with Crippen LogP contribution in [-0.2, 0) is 7.05 Å². The van der Waals surface area contributed by atoms with Crippen molar-refractivity contribution in [1.29, 1.82) is 0 Å². The Kier molecular flexibility index (Phi) is 5.47. The first-order chi connectivity index (χ1) is 11.4. The van der Waals surface area contributed by atoms with Crippen LogP contribution in [0.1, 0.15) is 29.9 Å². The van der Waals surface area contributed by atoms with E-state index in [4.69, 9.17) is 4.74 Å². The molecule has 0 N–H and O–H groups in total. The Morgan fingerprint density at radius 1 is 1.46 bits per heavy atom. The summed E-state index contributed by atoms with van der Waals surface area (Å²) >= 11 is 0. The molecule has 0 unspecified atom stereocenters. The normalized spacial score (nSPS) is 11.2. The van der Waals surface area contributed by atoms with Gasteiger partial charge >= 0.3 is 5.69 Å². The first-order valence-electron chi connectivity index (χ1n) is 7.50. The fourth-order valence-electron chi connectivity index (χ4n) is 2.01. The minimum absolute atomic E-state index is 0.175. The van der Waals surface area contributed by atoms with Crippen LogP contribution in [0, 0.1) is 16.0 Å². The number of benzene rings is 1. The highest BCUT2D eigenvalue weighted by Gasteiger charge is 2.22. The second kappa shape index (κ2) is 7.54. The molecule has 7 nitrogen and oxygen atoms in total. The zero-order valence-electron chi connectivity index (χ0n) is 13.8. The molecule has 1 aromatic carbocycles. The van der Waals surface area contributed by atoms with Crippen molar-refractivity contribution in [3.05, 3.63) is 57.9 Å². The zero-order valence-corrected chi connectivity index (χ0v) is 13.8. The Labute approximate surface area is 139 Å². The second-order valence-electron chi connectivity index (χ2n) is 5.77. The fourth-order valence-corrected chi connectivity index (χ4v) is 2.01. The Bertz CT molecular complexity index is 778. The highest BCUT2D eigenvalue weighted by Crippen LogP contribution is 2.19. The van der Waals surface area contributed by atoms with Crippen molar-refractivity contribution in [2.75, 3.05) is 6.61 Å². The van der Waals surface area contributed by atoms with Crippen molar-refractivity contribution in [3.8, 4) is 5.75 Å². The number of nitrogens with zero attached hydrogens (tertiary/aromatic N) is 3. The predicted octanol–water partition coefficient (Wildman–Crippen LogP) is 3.26. The van der Waals surface area contributed by atoms with Gasteiger partial charge in [-0.2, -0.15) is 5.10 Å². The molecule has 1 heterocycles. The van der Waals surface area contributed by atoms with Crippen LogP contribution in [0.2, 0.25) is 0 Å². The molecule has 0 atom stereocenters. The van der Waals surface area contributed by atoms with Gasteiger partial charge in [-0.15, -0.1) is 0 Å². The fraction of sp³-hybridized carbons (Fsp3) is 0.294. The molecule has 0 bridgehead atoms. The van der Waals surface area contributed by atoms with Crippen LogP contribution < -0.4 is 4.74 Å². The quantitative estimate of drug-likeness (QED) is 0.337. The third kappa shape index (κ3) is 4.52. The van der Waals surface area contributed by atoms with E-state index >= 15 is 0 Å². The number of ether oxygens (including phenoxy) is 1. The molecule has 0 aliphatic carbocycles. The van der Waals surface area contributed by atoms with E-state index in [2.05, 4.69) is 18.9 Å². The molecule has 0 saturated heterocycles. The number of ketones is 1. The van der Waals surface area contributed by atoms with Crippen molar-refractivity contribution < 1.29 is 14.5 Å². The van der Waals surface area contributed by atoms with Gasteiger partial charge in [-0.25, -0.2) is 0 Å². The van der Waals surface area contributed by atoms with Gasteiger partial charge in [-0.3, -0.25) is 19.6 Å². The Morgan fingerprint density at radius 3 is 2.88 bits per heavy atom. The summed E-state index contributed by atoms with van der Waals surface area (Å²) in [5, 5.41) is 14.8. The van der Waals surface area contributed by atoms with E-state index in [9.17, 15) is 14.9 Å². The molecule has 0 radical (unpaired) electrons. The largest absolute Gasteiger partial charge is 0.493 e. The van der Waals surface area contributed by atoms with E-state index in [0.717, 1.165) is 5.56 Å². The number of carbonyl (C=O) groups excluding carboxylic acids is 1. The van der Waals surface area contributed by atoms with E-state index < -0.39 is 10.7 Å². The van der Waals surface area contributed by atoms with Crippen molar-refractivity contribution in [2.24, 2.45) is 13.0 Å². The van der Waals surface area contributed by atoms with Crippen LogP contribution >= 0.6 is 0 Å². The topological polar surface area (TPSA) is 87.3 Å². The first-order valence-corrected chi connectivity index (χ1v) is 7.50. The summed E-state index contributed by atoms with van der Waals surface area (Å²) in [6.45, 7) is 4.72. The maximum atomic E-state index is 12.2. The zero-order chi connectivity index (χ0) is 17.7. The van der Waals surface area contributed by atoms with Crippen molar-refractivity contribution in [3.63, 3.8) is 0 Å². The smallest absolute Gasteiger partial charge is 0.318 e. The standard InChI is InChI=1S/C17H19N3O4/c1-12(2)11-24-14-6-4-5-13(9-14)7-8-16(21)17-15(20(22)23)10-19(3)18-17/h4-10,12H,11H2,1-3H3/b8-7+. The third-order valence-corrected chi connectivity index (χ3v) is 3.11. The van der Waals surface area contributed by atoms with Gasteiger partial charge in [0.15, 0.2) is 0 Å². The van der Waals surface area contributed by atoms with E-state index in [1.165, 1.54) is 24.0 Å². The minimum Gasteiger partial charge on any atom is -0.493 e. The minimum atomic E-state index is -0.617. The lowest BCUT2D eigenvalue weighted by atomic mass is 10.1. The Hall–Kier alpha value is -2.96. The maximum Gasteiger partial charge on any atom is 0.318 e. The molecule has 126 valence electrons.